The van der Waals surface area contributed by atoms with Crippen molar-refractivity contribution in [1.29, 1.82) is 0 Å². The van der Waals surface area contributed by atoms with E-state index >= 15 is 0 Å². The van der Waals surface area contributed by atoms with E-state index in [0.29, 0.717) is 27.2 Å². The molecule has 0 radical (unpaired) electrons. The number of anilines is 2. The van der Waals surface area contributed by atoms with Crippen LogP contribution in [0.25, 0.3) is 0 Å². The summed E-state index contributed by atoms with van der Waals surface area (Å²) in [5.74, 6) is -0.196. The molecule has 2 amide bonds. The van der Waals surface area contributed by atoms with E-state index in [-0.39, 0.29) is 24.8 Å². The van der Waals surface area contributed by atoms with Crippen molar-refractivity contribution in [3.63, 3.8) is 0 Å². The molecule has 1 aliphatic rings. The van der Waals surface area contributed by atoms with Gasteiger partial charge >= 0.3 is 0 Å². The molecule has 1 aliphatic heterocycles. The Morgan fingerprint density at radius 2 is 2.04 bits per heavy atom. The first-order valence-electron chi connectivity index (χ1n) is 7.68. The van der Waals surface area contributed by atoms with Crippen molar-refractivity contribution in [2.75, 3.05) is 23.9 Å². The fourth-order valence-electron chi connectivity index (χ4n) is 2.75. The molecule has 1 N–H and O–H groups in total. The second-order valence-electron chi connectivity index (χ2n) is 5.72. The lowest BCUT2D eigenvalue weighted by Crippen LogP contribution is -2.28. The topological polar surface area (TPSA) is 58.6 Å². The third-order valence-corrected chi connectivity index (χ3v) is 4.59. The largest absolute Gasteiger partial charge is 0.497 e. The van der Waals surface area contributed by atoms with Crippen molar-refractivity contribution >= 4 is 46.4 Å². The number of ether oxygens (including phenoxy) is 1. The van der Waals surface area contributed by atoms with Crippen LogP contribution in [0.5, 0.6) is 5.75 Å². The molecule has 1 atom stereocenters. The van der Waals surface area contributed by atoms with Gasteiger partial charge < -0.3 is 15.0 Å². The summed E-state index contributed by atoms with van der Waals surface area (Å²) in [4.78, 5) is 26.3. The predicted octanol–water partition coefficient (Wildman–Crippen LogP) is 3.99. The number of nitrogens with one attached hydrogen (secondary N) is 1. The molecule has 1 saturated heterocycles. The third-order valence-electron chi connectivity index (χ3n) is 4.03. The van der Waals surface area contributed by atoms with Gasteiger partial charge in [0, 0.05) is 29.7 Å². The molecule has 2 aromatic rings. The summed E-state index contributed by atoms with van der Waals surface area (Å²) in [7, 11) is 1.56. The minimum absolute atomic E-state index is 0.124. The second-order valence-corrected chi connectivity index (χ2v) is 6.57. The average molecular weight is 379 g/mol. The zero-order chi connectivity index (χ0) is 18.0. The van der Waals surface area contributed by atoms with E-state index in [1.807, 2.05) is 0 Å². The first-order valence-corrected chi connectivity index (χ1v) is 8.44. The Hall–Kier alpha value is -2.24. The number of nitrogens with zero attached hydrogens (tertiary/aromatic N) is 1. The van der Waals surface area contributed by atoms with Gasteiger partial charge in [-0.15, -0.1) is 0 Å². The molecule has 0 aromatic heterocycles. The minimum Gasteiger partial charge on any atom is -0.497 e. The number of halogens is 2. The minimum atomic E-state index is -0.464. The Bertz CT molecular complexity index is 826. The lowest BCUT2D eigenvalue weighted by atomic mass is 10.1. The second kappa shape index (κ2) is 7.33. The quantitative estimate of drug-likeness (QED) is 0.874. The first kappa shape index (κ1) is 17.6. The maximum absolute atomic E-state index is 12.5. The predicted molar refractivity (Wildman–Crippen MR) is 98.5 cm³/mol. The van der Waals surface area contributed by atoms with Gasteiger partial charge in [-0.2, -0.15) is 0 Å². The molecular formula is C18H16Cl2N2O3. The molecule has 130 valence electrons. The van der Waals surface area contributed by atoms with Crippen LogP contribution >= 0.6 is 23.2 Å². The number of carbonyl (C=O) groups is 2. The number of rotatable bonds is 4. The highest BCUT2D eigenvalue weighted by Crippen LogP contribution is 2.33. The molecule has 0 spiro atoms. The summed E-state index contributed by atoms with van der Waals surface area (Å²) in [6.45, 7) is 0.259. The van der Waals surface area contributed by atoms with Crippen molar-refractivity contribution in [2.45, 2.75) is 6.42 Å². The summed E-state index contributed by atoms with van der Waals surface area (Å²) in [6, 6.07) is 12.0. The number of methoxy groups -OCH3 is 1. The molecule has 1 heterocycles. The molecule has 2 aromatic carbocycles. The monoisotopic (exact) mass is 378 g/mol. The standard InChI is InChI=1S/C18H16Cl2N2O3/c1-25-14-4-2-3-13(9-14)21-18(24)11-7-17(23)22(10-11)16-8-12(19)5-6-15(16)20/h2-6,8-9,11H,7,10H2,1H3,(H,21,24). The van der Waals surface area contributed by atoms with Crippen molar-refractivity contribution in [1.82, 2.24) is 0 Å². The Kier molecular flexibility index (Phi) is 5.16. The molecule has 0 bridgehead atoms. The normalized spacial score (nSPS) is 16.8. The van der Waals surface area contributed by atoms with Crippen molar-refractivity contribution in [3.8, 4) is 5.75 Å². The first-order chi connectivity index (χ1) is 12.0. The van der Waals surface area contributed by atoms with E-state index in [2.05, 4.69) is 5.32 Å². The van der Waals surface area contributed by atoms with Crippen molar-refractivity contribution in [2.24, 2.45) is 5.92 Å². The third kappa shape index (κ3) is 3.89. The van der Waals surface area contributed by atoms with Crippen molar-refractivity contribution in [3.05, 3.63) is 52.5 Å². The fourth-order valence-corrected chi connectivity index (χ4v) is 3.14. The van der Waals surface area contributed by atoms with Crippen LogP contribution in [0.2, 0.25) is 10.0 Å². The Morgan fingerprint density at radius 3 is 2.80 bits per heavy atom. The van der Waals surface area contributed by atoms with Crippen LogP contribution in [-0.4, -0.2) is 25.5 Å². The molecule has 25 heavy (non-hydrogen) atoms. The lowest BCUT2D eigenvalue weighted by Gasteiger charge is -2.18. The zero-order valence-electron chi connectivity index (χ0n) is 13.5. The van der Waals surface area contributed by atoms with Crippen LogP contribution in [0, 0.1) is 5.92 Å². The van der Waals surface area contributed by atoms with Crippen LogP contribution in [0.15, 0.2) is 42.5 Å². The zero-order valence-corrected chi connectivity index (χ0v) is 15.0. The van der Waals surface area contributed by atoms with Crippen LogP contribution in [-0.2, 0) is 9.59 Å². The summed E-state index contributed by atoms with van der Waals surface area (Å²) >= 11 is 12.2. The van der Waals surface area contributed by atoms with Gasteiger partial charge in [-0.25, -0.2) is 0 Å². The van der Waals surface area contributed by atoms with E-state index in [0.717, 1.165) is 0 Å². The van der Waals surface area contributed by atoms with E-state index in [1.54, 1.807) is 49.6 Å². The van der Waals surface area contributed by atoms with Gasteiger partial charge in [0.1, 0.15) is 5.75 Å². The fraction of sp³-hybridized carbons (Fsp3) is 0.222. The van der Waals surface area contributed by atoms with Crippen LogP contribution in [0.3, 0.4) is 0 Å². The highest BCUT2D eigenvalue weighted by atomic mass is 35.5. The smallest absolute Gasteiger partial charge is 0.229 e. The molecule has 0 saturated carbocycles. The highest BCUT2D eigenvalue weighted by molar-refractivity contribution is 6.36. The average Bonchev–Trinajstić information content (AvgIpc) is 2.99. The number of benzene rings is 2. The van der Waals surface area contributed by atoms with Gasteiger partial charge in [0.2, 0.25) is 11.8 Å². The van der Waals surface area contributed by atoms with Gasteiger partial charge in [-0.3, -0.25) is 9.59 Å². The number of carbonyl (C=O) groups excluding carboxylic acids is 2. The molecule has 1 fully saturated rings. The van der Waals surface area contributed by atoms with Gasteiger partial charge in [-0.05, 0) is 30.3 Å². The molecule has 1 unspecified atom stereocenters. The van der Waals surface area contributed by atoms with E-state index < -0.39 is 5.92 Å². The molecule has 7 heteroatoms. The maximum Gasteiger partial charge on any atom is 0.229 e. The Morgan fingerprint density at radius 1 is 1.24 bits per heavy atom. The van der Waals surface area contributed by atoms with Gasteiger partial charge in [0.25, 0.3) is 0 Å². The summed E-state index contributed by atoms with van der Waals surface area (Å²) in [5, 5.41) is 3.73. The molecule has 5 nitrogen and oxygen atoms in total. The summed E-state index contributed by atoms with van der Waals surface area (Å²) in [5.41, 5.74) is 1.15. The number of amides is 2. The maximum atomic E-state index is 12.5. The summed E-state index contributed by atoms with van der Waals surface area (Å²) < 4.78 is 5.14. The van der Waals surface area contributed by atoms with Crippen LogP contribution in [0.1, 0.15) is 6.42 Å². The molecule has 3 rings (SSSR count). The number of hydrogen-bond acceptors (Lipinski definition) is 3. The van der Waals surface area contributed by atoms with Crippen LogP contribution in [0.4, 0.5) is 11.4 Å². The van der Waals surface area contributed by atoms with Crippen molar-refractivity contribution < 1.29 is 14.3 Å². The SMILES string of the molecule is COc1cccc(NC(=O)C2CC(=O)N(c3cc(Cl)ccc3Cl)C2)c1. The molecule has 0 aliphatic carbocycles. The van der Waals surface area contributed by atoms with E-state index in [1.165, 1.54) is 4.90 Å². The lowest BCUT2D eigenvalue weighted by molar-refractivity contribution is -0.122. The van der Waals surface area contributed by atoms with Gasteiger partial charge in [-0.1, -0.05) is 29.3 Å². The highest BCUT2D eigenvalue weighted by Gasteiger charge is 2.36. The van der Waals surface area contributed by atoms with Gasteiger partial charge in [0.05, 0.1) is 23.7 Å². The Labute approximate surface area is 155 Å². The Balaban J connectivity index is 1.73. The van der Waals surface area contributed by atoms with Gasteiger partial charge in [0.15, 0.2) is 0 Å². The van der Waals surface area contributed by atoms with E-state index in [4.69, 9.17) is 27.9 Å². The molecular weight excluding hydrogens is 363 g/mol. The van der Waals surface area contributed by atoms with E-state index in [9.17, 15) is 9.59 Å². The summed E-state index contributed by atoms with van der Waals surface area (Å²) in [6.07, 6.45) is 0.124. The number of hydrogen-bond donors (Lipinski definition) is 1. The van der Waals surface area contributed by atoms with Crippen LogP contribution < -0.4 is 15.0 Å².